The van der Waals surface area contributed by atoms with Crippen molar-refractivity contribution in [3.8, 4) is 17.2 Å². The van der Waals surface area contributed by atoms with Crippen LogP contribution in [0.5, 0.6) is 17.2 Å². The van der Waals surface area contributed by atoms with Crippen LogP contribution >= 0.6 is 0 Å². The summed E-state index contributed by atoms with van der Waals surface area (Å²) in [6.07, 6.45) is 1.35. The van der Waals surface area contributed by atoms with Crippen LogP contribution in [-0.2, 0) is 4.79 Å². The number of carbonyl (C=O) groups excluding carboxylic acids is 1. The molecule has 0 unspecified atom stereocenters. The number of benzene rings is 2. The van der Waals surface area contributed by atoms with Gasteiger partial charge in [-0.05, 0) is 31.2 Å². The van der Waals surface area contributed by atoms with E-state index in [2.05, 4.69) is 15.8 Å². The van der Waals surface area contributed by atoms with Crippen LogP contribution in [0, 0.1) is 0 Å². The highest BCUT2D eigenvalue weighted by atomic mass is 16.5. The summed E-state index contributed by atoms with van der Waals surface area (Å²) in [5.74, 6) is 0.612. The van der Waals surface area contributed by atoms with Gasteiger partial charge >= 0.3 is 0 Å². The van der Waals surface area contributed by atoms with E-state index in [0.29, 0.717) is 22.7 Å². The molecule has 0 radical (unpaired) electrons. The molecular formula is C18H21N3O4. The first-order chi connectivity index (χ1) is 12.1. The molecule has 0 heterocycles. The standard InChI is InChI=1S/C18H21N3O4/c1-12(20-14-8-4-5-9-15(14)24-2)18(23)21-19-11-13-7-6-10-16(25-3)17(13)22/h4-12,20,22H,1-3H3,(H,21,23)/b19-11-/t12-/m1/s1. The van der Waals surface area contributed by atoms with Gasteiger partial charge in [0.05, 0.1) is 26.1 Å². The van der Waals surface area contributed by atoms with Crippen LogP contribution in [0.3, 0.4) is 0 Å². The number of phenols is 1. The molecule has 0 saturated carbocycles. The minimum absolute atomic E-state index is 0.0387. The van der Waals surface area contributed by atoms with E-state index in [9.17, 15) is 9.90 Å². The van der Waals surface area contributed by atoms with Gasteiger partial charge in [-0.2, -0.15) is 5.10 Å². The topological polar surface area (TPSA) is 92.2 Å². The van der Waals surface area contributed by atoms with Crippen molar-refractivity contribution < 1.29 is 19.4 Å². The molecular weight excluding hydrogens is 322 g/mol. The van der Waals surface area contributed by atoms with E-state index in [4.69, 9.17) is 9.47 Å². The molecule has 0 bridgehead atoms. The molecule has 0 fully saturated rings. The quantitative estimate of drug-likeness (QED) is 0.530. The Morgan fingerprint density at radius 3 is 2.52 bits per heavy atom. The SMILES string of the molecule is COc1ccccc1N[C@H](C)C(=O)N/N=C\c1cccc(OC)c1O. The monoisotopic (exact) mass is 343 g/mol. The molecule has 7 nitrogen and oxygen atoms in total. The number of phenolic OH excluding ortho intramolecular Hbond substituents is 1. The third kappa shape index (κ3) is 4.63. The second-order valence-corrected chi connectivity index (χ2v) is 5.20. The second kappa shape index (κ2) is 8.58. The minimum Gasteiger partial charge on any atom is -0.504 e. The number of nitrogens with one attached hydrogen (secondary N) is 2. The fourth-order valence-corrected chi connectivity index (χ4v) is 2.13. The number of nitrogens with zero attached hydrogens (tertiary/aromatic N) is 1. The Labute approximate surface area is 146 Å². The number of methoxy groups -OCH3 is 2. The van der Waals surface area contributed by atoms with Crippen molar-refractivity contribution in [3.63, 3.8) is 0 Å². The van der Waals surface area contributed by atoms with E-state index in [1.54, 1.807) is 38.3 Å². The highest BCUT2D eigenvalue weighted by molar-refractivity contribution is 5.88. The third-order valence-corrected chi connectivity index (χ3v) is 3.50. The van der Waals surface area contributed by atoms with Gasteiger partial charge in [-0.1, -0.05) is 18.2 Å². The van der Waals surface area contributed by atoms with Crippen molar-refractivity contribution in [1.82, 2.24) is 5.43 Å². The van der Waals surface area contributed by atoms with Gasteiger partial charge in [0, 0.05) is 5.56 Å². The van der Waals surface area contributed by atoms with Gasteiger partial charge in [0.1, 0.15) is 11.8 Å². The van der Waals surface area contributed by atoms with E-state index in [0.717, 1.165) is 0 Å². The Morgan fingerprint density at radius 1 is 1.12 bits per heavy atom. The Bertz CT molecular complexity index is 762. The Morgan fingerprint density at radius 2 is 1.80 bits per heavy atom. The molecule has 2 rings (SSSR count). The van der Waals surface area contributed by atoms with E-state index in [-0.39, 0.29) is 11.7 Å². The van der Waals surface area contributed by atoms with Crippen LogP contribution in [0.25, 0.3) is 0 Å². The third-order valence-electron chi connectivity index (χ3n) is 3.50. The number of rotatable bonds is 7. The summed E-state index contributed by atoms with van der Waals surface area (Å²) in [6.45, 7) is 1.71. The molecule has 0 spiro atoms. The van der Waals surface area contributed by atoms with Gasteiger partial charge in [0.15, 0.2) is 11.5 Å². The van der Waals surface area contributed by atoms with Crippen molar-refractivity contribution in [3.05, 3.63) is 48.0 Å². The Kier molecular flexibility index (Phi) is 6.22. The number of hydrogen-bond donors (Lipinski definition) is 3. The first-order valence-corrected chi connectivity index (χ1v) is 7.65. The summed E-state index contributed by atoms with van der Waals surface area (Å²) in [5, 5.41) is 16.9. The average molecular weight is 343 g/mol. The summed E-state index contributed by atoms with van der Waals surface area (Å²) < 4.78 is 10.3. The Balaban J connectivity index is 1.98. The zero-order chi connectivity index (χ0) is 18.2. The maximum absolute atomic E-state index is 12.1. The number of anilines is 1. The molecule has 0 aliphatic carbocycles. The minimum atomic E-state index is -0.535. The fourth-order valence-electron chi connectivity index (χ4n) is 2.13. The van der Waals surface area contributed by atoms with Crippen molar-refractivity contribution in [2.24, 2.45) is 5.10 Å². The summed E-state index contributed by atoms with van der Waals surface area (Å²) in [6, 6.07) is 11.8. The lowest BCUT2D eigenvalue weighted by molar-refractivity contribution is -0.121. The van der Waals surface area contributed by atoms with Gasteiger partial charge in [-0.25, -0.2) is 5.43 Å². The molecule has 0 aliphatic rings. The zero-order valence-electron chi connectivity index (χ0n) is 14.3. The van der Waals surface area contributed by atoms with Crippen LogP contribution < -0.4 is 20.2 Å². The molecule has 3 N–H and O–H groups in total. The fraction of sp³-hybridized carbons (Fsp3) is 0.222. The molecule has 0 saturated heterocycles. The highest BCUT2D eigenvalue weighted by Gasteiger charge is 2.14. The van der Waals surface area contributed by atoms with Crippen LogP contribution in [0.2, 0.25) is 0 Å². The number of ether oxygens (including phenoxy) is 2. The van der Waals surface area contributed by atoms with Crippen molar-refractivity contribution in [2.75, 3.05) is 19.5 Å². The predicted molar refractivity (Wildman–Crippen MR) is 96.5 cm³/mol. The molecule has 0 aromatic heterocycles. The van der Waals surface area contributed by atoms with Crippen LogP contribution in [0.4, 0.5) is 5.69 Å². The van der Waals surface area contributed by atoms with Gasteiger partial charge in [0.25, 0.3) is 5.91 Å². The summed E-state index contributed by atoms with van der Waals surface area (Å²) in [4.78, 5) is 12.1. The number of amides is 1. The van der Waals surface area contributed by atoms with Crippen LogP contribution in [0.15, 0.2) is 47.6 Å². The zero-order valence-corrected chi connectivity index (χ0v) is 14.3. The molecule has 1 amide bonds. The largest absolute Gasteiger partial charge is 0.504 e. The molecule has 2 aromatic rings. The molecule has 132 valence electrons. The summed E-state index contributed by atoms with van der Waals surface area (Å²) >= 11 is 0. The lowest BCUT2D eigenvalue weighted by atomic mass is 10.2. The molecule has 2 aromatic carbocycles. The predicted octanol–water partition coefficient (Wildman–Crippen LogP) is 2.36. The number of hydrogen-bond acceptors (Lipinski definition) is 6. The van der Waals surface area contributed by atoms with Gasteiger partial charge < -0.3 is 19.9 Å². The lowest BCUT2D eigenvalue weighted by Gasteiger charge is -2.15. The van der Waals surface area contributed by atoms with Crippen molar-refractivity contribution >= 4 is 17.8 Å². The maximum atomic E-state index is 12.1. The Hall–Kier alpha value is -3.22. The smallest absolute Gasteiger partial charge is 0.262 e. The van der Waals surface area contributed by atoms with Crippen molar-refractivity contribution in [1.29, 1.82) is 0 Å². The van der Waals surface area contributed by atoms with Gasteiger partial charge in [-0.3, -0.25) is 4.79 Å². The second-order valence-electron chi connectivity index (χ2n) is 5.20. The molecule has 7 heteroatoms. The van der Waals surface area contributed by atoms with E-state index in [1.807, 2.05) is 18.2 Å². The van der Waals surface area contributed by atoms with Gasteiger partial charge in [-0.15, -0.1) is 0 Å². The summed E-state index contributed by atoms with van der Waals surface area (Å²) in [5.41, 5.74) is 3.57. The number of aromatic hydroxyl groups is 1. The number of para-hydroxylation sites is 3. The van der Waals surface area contributed by atoms with E-state index >= 15 is 0 Å². The van der Waals surface area contributed by atoms with Gasteiger partial charge in [0.2, 0.25) is 0 Å². The van der Waals surface area contributed by atoms with E-state index in [1.165, 1.54) is 13.3 Å². The lowest BCUT2D eigenvalue weighted by Crippen LogP contribution is -2.35. The summed E-state index contributed by atoms with van der Waals surface area (Å²) in [7, 11) is 3.03. The number of carbonyl (C=O) groups is 1. The number of hydrazone groups is 1. The highest BCUT2D eigenvalue weighted by Crippen LogP contribution is 2.28. The van der Waals surface area contributed by atoms with Crippen LogP contribution in [0.1, 0.15) is 12.5 Å². The average Bonchev–Trinajstić information content (AvgIpc) is 2.63. The maximum Gasteiger partial charge on any atom is 0.262 e. The first kappa shape index (κ1) is 18.1. The molecule has 0 aliphatic heterocycles. The van der Waals surface area contributed by atoms with Crippen molar-refractivity contribution in [2.45, 2.75) is 13.0 Å². The molecule has 1 atom stereocenters. The van der Waals surface area contributed by atoms with E-state index < -0.39 is 6.04 Å². The molecule has 25 heavy (non-hydrogen) atoms. The van der Waals surface area contributed by atoms with Crippen LogP contribution in [-0.4, -0.2) is 37.5 Å². The first-order valence-electron chi connectivity index (χ1n) is 7.65. The normalized spacial score (nSPS) is 11.8.